The first kappa shape index (κ1) is 12.8. The minimum absolute atomic E-state index is 0.0681. The first-order valence-corrected chi connectivity index (χ1v) is 4.55. The van der Waals surface area contributed by atoms with E-state index in [1.165, 1.54) is 0 Å². The molecule has 0 aromatic heterocycles. The molecule has 0 fully saturated rings. The number of methoxy groups -OCH3 is 1. The van der Waals surface area contributed by atoms with E-state index in [2.05, 4.69) is 0 Å². The summed E-state index contributed by atoms with van der Waals surface area (Å²) in [7, 11) is 1.63. The Hall–Kier alpha value is -0.160. The zero-order valence-corrected chi connectivity index (χ0v) is 8.75. The Balaban J connectivity index is 3.44. The maximum Gasteiger partial charge on any atom is 0.0780 e. The van der Waals surface area contributed by atoms with Gasteiger partial charge in [-0.15, -0.1) is 0 Å². The molecule has 4 nitrogen and oxygen atoms in total. The molecule has 3 N–H and O–H groups in total. The van der Waals surface area contributed by atoms with Gasteiger partial charge >= 0.3 is 0 Å². The van der Waals surface area contributed by atoms with Gasteiger partial charge in [-0.05, 0) is 13.8 Å². The average Bonchev–Trinajstić information content (AvgIpc) is 2.05. The Bertz CT molecular complexity index is 128. The van der Waals surface area contributed by atoms with Gasteiger partial charge in [-0.1, -0.05) is 0 Å². The first-order chi connectivity index (χ1) is 6.02. The van der Waals surface area contributed by atoms with E-state index in [1.807, 2.05) is 6.92 Å². The Labute approximate surface area is 80.0 Å². The van der Waals surface area contributed by atoms with Gasteiger partial charge in [-0.3, -0.25) is 0 Å². The van der Waals surface area contributed by atoms with E-state index in [0.29, 0.717) is 19.6 Å². The van der Waals surface area contributed by atoms with Crippen molar-refractivity contribution in [2.45, 2.75) is 32.0 Å². The fourth-order valence-corrected chi connectivity index (χ4v) is 0.865. The normalized spacial score (nSPS) is 18.2. The minimum atomic E-state index is -0.813. The highest BCUT2D eigenvalue weighted by Gasteiger charge is 2.17. The smallest absolute Gasteiger partial charge is 0.0780 e. The monoisotopic (exact) mass is 191 g/mol. The van der Waals surface area contributed by atoms with E-state index in [1.54, 1.807) is 14.0 Å². The largest absolute Gasteiger partial charge is 0.389 e. The van der Waals surface area contributed by atoms with Crippen molar-refractivity contribution >= 4 is 0 Å². The van der Waals surface area contributed by atoms with Crippen LogP contribution in [0.5, 0.6) is 0 Å². The third-order valence-corrected chi connectivity index (χ3v) is 1.88. The Morgan fingerprint density at radius 3 is 2.62 bits per heavy atom. The molecule has 0 aromatic rings. The van der Waals surface area contributed by atoms with Crippen LogP contribution in [0.25, 0.3) is 0 Å². The molecule has 0 saturated heterocycles. The third kappa shape index (κ3) is 6.95. The quantitative estimate of drug-likeness (QED) is 0.600. The summed E-state index contributed by atoms with van der Waals surface area (Å²) in [6.07, 6.45) is 0.621. The predicted molar refractivity (Wildman–Crippen MR) is 51.6 cm³/mol. The lowest BCUT2D eigenvalue weighted by Gasteiger charge is -2.21. The zero-order valence-electron chi connectivity index (χ0n) is 8.75. The number of nitrogens with two attached hydrogens (primary N) is 1. The van der Waals surface area contributed by atoms with Crippen LogP contribution in [0.2, 0.25) is 0 Å². The lowest BCUT2D eigenvalue weighted by atomic mass is 10.0. The molecule has 0 amide bonds. The van der Waals surface area contributed by atoms with E-state index in [-0.39, 0.29) is 12.6 Å². The fourth-order valence-electron chi connectivity index (χ4n) is 0.865. The molecule has 4 heteroatoms. The first-order valence-electron chi connectivity index (χ1n) is 4.55. The fraction of sp³-hybridized carbons (Fsp3) is 1.00. The van der Waals surface area contributed by atoms with Gasteiger partial charge in [0.15, 0.2) is 0 Å². The van der Waals surface area contributed by atoms with Crippen LogP contribution in [0, 0.1) is 0 Å². The summed E-state index contributed by atoms with van der Waals surface area (Å²) in [4.78, 5) is 0. The maximum atomic E-state index is 9.53. The zero-order chi connectivity index (χ0) is 10.3. The molecule has 0 radical (unpaired) electrons. The summed E-state index contributed by atoms with van der Waals surface area (Å²) in [5, 5.41) is 9.53. The van der Waals surface area contributed by atoms with Gasteiger partial charge < -0.3 is 20.3 Å². The van der Waals surface area contributed by atoms with E-state index < -0.39 is 5.60 Å². The second kappa shape index (κ2) is 6.32. The van der Waals surface area contributed by atoms with Gasteiger partial charge in [0.05, 0.1) is 18.3 Å². The second-order valence-corrected chi connectivity index (χ2v) is 3.59. The maximum absolute atomic E-state index is 9.53. The highest BCUT2D eigenvalue weighted by atomic mass is 16.5. The van der Waals surface area contributed by atoms with Gasteiger partial charge in [0.2, 0.25) is 0 Å². The van der Waals surface area contributed by atoms with Gasteiger partial charge in [-0.2, -0.15) is 0 Å². The van der Waals surface area contributed by atoms with Gasteiger partial charge in [-0.25, -0.2) is 0 Å². The number of aliphatic hydroxyl groups is 1. The summed E-state index contributed by atoms with van der Waals surface area (Å²) in [6, 6.07) is 0. The molecule has 80 valence electrons. The summed E-state index contributed by atoms with van der Waals surface area (Å²) in [6.45, 7) is 4.98. The van der Waals surface area contributed by atoms with Crippen molar-refractivity contribution in [3.8, 4) is 0 Å². The molecule has 2 atom stereocenters. The molecule has 13 heavy (non-hydrogen) atoms. The van der Waals surface area contributed by atoms with E-state index >= 15 is 0 Å². The van der Waals surface area contributed by atoms with Crippen LogP contribution in [0.15, 0.2) is 0 Å². The molecular formula is C9H21NO3. The molecule has 0 saturated carbocycles. The molecule has 0 aliphatic carbocycles. The molecular weight excluding hydrogens is 170 g/mol. The third-order valence-electron chi connectivity index (χ3n) is 1.88. The molecule has 0 aromatic carbocycles. The number of hydrogen-bond acceptors (Lipinski definition) is 4. The number of rotatable bonds is 7. The van der Waals surface area contributed by atoms with Crippen molar-refractivity contribution < 1.29 is 14.6 Å². The van der Waals surface area contributed by atoms with Crippen molar-refractivity contribution in [3.63, 3.8) is 0 Å². The van der Waals surface area contributed by atoms with Gasteiger partial charge in [0.1, 0.15) is 0 Å². The highest BCUT2D eigenvalue weighted by Crippen LogP contribution is 2.07. The van der Waals surface area contributed by atoms with Crippen LogP contribution in [-0.2, 0) is 9.47 Å². The number of hydrogen-bond donors (Lipinski definition) is 2. The molecule has 0 heterocycles. The summed E-state index contributed by atoms with van der Waals surface area (Å²) < 4.78 is 10.3. The van der Waals surface area contributed by atoms with Crippen molar-refractivity contribution in [2.75, 3.05) is 26.9 Å². The predicted octanol–water partition coefficient (Wildman–Crippen LogP) is 0.138. The van der Waals surface area contributed by atoms with Crippen molar-refractivity contribution in [1.82, 2.24) is 0 Å². The SMILES string of the molecule is COCC(C)OCCC(C)(O)CN. The molecule has 0 rings (SSSR count). The van der Waals surface area contributed by atoms with Gasteiger partial charge in [0.25, 0.3) is 0 Å². The van der Waals surface area contributed by atoms with E-state index in [9.17, 15) is 5.11 Å². The van der Waals surface area contributed by atoms with E-state index in [0.717, 1.165) is 0 Å². The summed E-state index contributed by atoms with van der Waals surface area (Å²) in [5.41, 5.74) is 4.54. The second-order valence-electron chi connectivity index (χ2n) is 3.59. The lowest BCUT2D eigenvalue weighted by molar-refractivity contribution is -0.0248. The topological polar surface area (TPSA) is 64.7 Å². The average molecular weight is 191 g/mol. The van der Waals surface area contributed by atoms with Crippen molar-refractivity contribution in [3.05, 3.63) is 0 Å². The Kier molecular flexibility index (Phi) is 6.24. The lowest BCUT2D eigenvalue weighted by Crippen LogP contribution is -2.35. The van der Waals surface area contributed by atoms with Crippen LogP contribution >= 0.6 is 0 Å². The highest BCUT2D eigenvalue weighted by molar-refractivity contribution is 4.72. The Morgan fingerprint density at radius 1 is 1.54 bits per heavy atom. The molecule has 2 unspecified atom stereocenters. The summed E-state index contributed by atoms with van der Waals surface area (Å²) >= 11 is 0. The van der Waals surface area contributed by atoms with Crippen LogP contribution in [0.1, 0.15) is 20.3 Å². The molecule has 0 spiro atoms. The van der Waals surface area contributed by atoms with Crippen LogP contribution in [0.3, 0.4) is 0 Å². The van der Waals surface area contributed by atoms with E-state index in [4.69, 9.17) is 15.2 Å². The molecule has 0 bridgehead atoms. The van der Waals surface area contributed by atoms with Crippen LogP contribution in [0.4, 0.5) is 0 Å². The Morgan fingerprint density at radius 2 is 2.15 bits per heavy atom. The van der Waals surface area contributed by atoms with Gasteiger partial charge in [0, 0.05) is 26.7 Å². The minimum Gasteiger partial charge on any atom is -0.389 e. The van der Waals surface area contributed by atoms with Crippen molar-refractivity contribution in [2.24, 2.45) is 5.73 Å². The standard InChI is InChI=1S/C9H21NO3/c1-8(6-12-3)13-5-4-9(2,11)7-10/h8,11H,4-7,10H2,1-3H3. The molecule has 0 aliphatic rings. The summed E-state index contributed by atoms with van der Waals surface area (Å²) in [5.74, 6) is 0. The van der Waals surface area contributed by atoms with Crippen LogP contribution in [-0.4, -0.2) is 43.7 Å². The van der Waals surface area contributed by atoms with Crippen molar-refractivity contribution in [1.29, 1.82) is 0 Å². The number of ether oxygens (including phenoxy) is 2. The molecule has 0 aliphatic heterocycles. The van der Waals surface area contributed by atoms with Crippen LogP contribution < -0.4 is 5.73 Å².